The highest BCUT2D eigenvalue weighted by Gasteiger charge is 2.24. The second-order valence-corrected chi connectivity index (χ2v) is 6.18. The van der Waals surface area contributed by atoms with Crippen molar-refractivity contribution in [3.63, 3.8) is 0 Å². The van der Waals surface area contributed by atoms with Crippen molar-refractivity contribution in [3.05, 3.63) is 23.0 Å². The van der Waals surface area contributed by atoms with Crippen LogP contribution < -0.4 is 0 Å². The van der Waals surface area contributed by atoms with Crippen LogP contribution in [0, 0.1) is 0 Å². The lowest BCUT2D eigenvalue weighted by atomic mass is 9.90. The van der Waals surface area contributed by atoms with E-state index in [1.807, 2.05) is 13.2 Å². The van der Waals surface area contributed by atoms with Crippen LogP contribution in [0.3, 0.4) is 0 Å². The predicted octanol–water partition coefficient (Wildman–Crippen LogP) is 2.54. The fraction of sp³-hybridized carbons (Fsp3) is 0.417. The molecule has 0 saturated heterocycles. The first-order chi connectivity index (χ1) is 8.29. The highest BCUT2D eigenvalue weighted by atomic mass is 32.1. The van der Waals surface area contributed by atoms with Crippen LogP contribution in [0.1, 0.15) is 36.1 Å². The van der Waals surface area contributed by atoms with E-state index < -0.39 is 5.97 Å². The highest BCUT2D eigenvalue weighted by molar-refractivity contribution is 7.16. The summed E-state index contributed by atoms with van der Waals surface area (Å²) in [5, 5.41) is 14.1. The number of aromatic carboxylic acids is 1. The lowest BCUT2D eigenvalue weighted by Crippen LogP contribution is -2.13. The first-order valence-electron chi connectivity index (χ1n) is 5.52. The van der Waals surface area contributed by atoms with E-state index in [0.29, 0.717) is 5.01 Å². The van der Waals surface area contributed by atoms with Crippen molar-refractivity contribution < 1.29 is 9.90 Å². The molecule has 2 aromatic heterocycles. The summed E-state index contributed by atoms with van der Waals surface area (Å²) in [4.78, 5) is 15.3. The maximum atomic E-state index is 10.9. The summed E-state index contributed by atoms with van der Waals surface area (Å²) in [6.45, 7) is 6.22. The molecule has 0 bridgehead atoms. The summed E-state index contributed by atoms with van der Waals surface area (Å²) >= 11 is 1.17. The van der Waals surface area contributed by atoms with Crippen LogP contribution in [0.2, 0.25) is 0 Å². The van der Waals surface area contributed by atoms with E-state index in [-0.39, 0.29) is 10.3 Å². The minimum absolute atomic E-state index is 0.106. The molecule has 0 aliphatic heterocycles. The number of carboxylic acids is 1. The van der Waals surface area contributed by atoms with Crippen molar-refractivity contribution in [2.45, 2.75) is 26.2 Å². The Kier molecular flexibility index (Phi) is 2.98. The van der Waals surface area contributed by atoms with Crippen molar-refractivity contribution in [2.75, 3.05) is 0 Å². The smallest absolute Gasteiger partial charge is 0.347 e. The van der Waals surface area contributed by atoms with Gasteiger partial charge in [0, 0.05) is 18.7 Å². The van der Waals surface area contributed by atoms with Crippen LogP contribution >= 0.6 is 11.3 Å². The molecule has 0 aliphatic rings. The molecule has 18 heavy (non-hydrogen) atoms. The van der Waals surface area contributed by atoms with Gasteiger partial charge in [0.2, 0.25) is 0 Å². The van der Waals surface area contributed by atoms with E-state index in [0.717, 1.165) is 11.3 Å². The molecular formula is C12H15N3O2S. The molecule has 0 aliphatic carbocycles. The van der Waals surface area contributed by atoms with Gasteiger partial charge in [-0.15, -0.1) is 11.3 Å². The summed E-state index contributed by atoms with van der Waals surface area (Å²) < 4.78 is 1.73. The van der Waals surface area contributed by atoms with Crippen LogP contribution in [0.4, 0.5) is 0 Å². The highest BCUT2D eigenvalue weighted by Crippen LogP contribution is 2.33. The molecule has 2 heterocycles. The normalized spacial score (nSPS) is 11.8. The first kappa shape index (κ1) is 12.8. The molecule has 96 valence electrons. The molecule has 0 atom stereocenters. The lowest BCUT2D eigenvalue weighted by molar-refractivity contribution is 0.0702. The third-order valence-electron chi connectivity index (χ3n) is 2.49. The Morgan fingerprint density at radius 2 is 2.11 bits per heavy atom. The average Bonchev–Trinajstić information content (AvgIpc) is 2.81. The van der Waals surface area contributed by atoms with Crippen LogP contribution in [-0.4, -0.2) is 25.8 Å². The number of hydrogen-bond acceptors (Lipinski definition) is 4. The van der Waals surface area contributed by atoms with Gasteiger partial charge in [-0.2, -0.15) is 5.10 Å². The summed E-state index contributed by atoms with van der Waals surface area (Å²) in [6.07, 6.45) is 3.27. The fourth-order valence-corrected chi connectivity index (χ4v) is 2.46. The number of thiazole rings is 1. The number of nitrogens with zero attached hydrogens (tertiary/aromatic N) is 3. The molecule has 2 aromatic rings. The lowest BCUT2D eigenvalue weighted by Gasteiger charge is -2.16. The van der Waals surface area contributed by atoms with Crippen molar-refractivity contribution in [3.8, 4) is 10.6 Å². The molecule has 0 radical (unpaired) electrons. The number of hydrogen-bond donors (Lipinski definition) is 1. The fourth-order valence-electron chi connectivity index (χ4n) is 1.70. The largest absolute Gasteiger partial charge is 0.477 e. The van der Waals surface area contributed by atoms with Crippen molar-refractivity contribution in [2.24, 2.45) is 7.05 Å². The van der Waals surface area contributed by atoms with E-state index in [1.54, 1.807) is 4.68 Å². The molecule has 0 saturated carbocycles. The Morgan fingerprint density at radius 3 is 2.61 bits per heavy atom. The topological polar surface area (TPSA) is 68.0 Å². The average molecular weight is 265 g/mol. The van der Waals surface area contributed by atoms with Crippen LogP contribution in [-0.2, 0) is 12.5 Å². The van der Waals surface area contributed by atoms with E-state index in [2.05, 4.69) is 30.9 Å². The van der Waals surface area contributed by atoms with Crippen LogP contribution in [0.5, 0.6) is 0 Å². The van der Waals surface area contributed by atoms with Gasteiger partial charge in [0.15, 0.2) is 0 Å². The Hall–Kier alpha value is -1.69. The number of aromatic nitrogens is 3. The second-order valence-electron chi connectivity index (χ2n) is 5.15. The van der Waals surface area contributed by atoms with Gasteiger partial charge in [-0.05, 0) is 0 Å². The quantitative estimate of drug-likeness (QED) is 0.906. The first-order valence-corrected chi connectivity index (χ1v) is 6.34. The standard InChI is InChI=1S/C12H15N3O2S/c1-12(2,3)9-7(6-15(4)14-9)10-13-5-8(18-10)11(16)17/h5-6H,1-4H3,(H,16,17). The third kappa shape index (κ3) is 2.28. The Labute approximate surface area is 109 Å². The van der Waals surface area contributed by atoms with Crippen molar-refractivity contribution in [1.82, 2.24) is 14.8 Å². The Morgan fingerprint density at radius 1 is 1.44 bits per heavy atom. The molecule has 0 aromatic carbocycles. The van der Waals surface area contributed by atoms with Crippen molar-refractivity contribution in [1.29, 1.82) is 0 Å². The third-order valence-corrected chi connectivity index (χ3v) is 3.50. The van der Waals surface area contributed by atoms with E-state index in [4.69, 9.17) is 5.11 Å². The van der Waals surface area contributed by atoms with Gasteiger partial charge >= 0.3 is 5.97 Å². The SMILES string of the molecule is Cn1cc(-c2ncc(C(=O)O)s2)c(C(C)(C)C)n1. The molecule has 0 fully saturated rings. The van der Waals surface area contributed by atoms with Gasteiger partial charge in [-0.1, -0.05) is 20.8 Å². The summed E-state index contributed by atoms with van der Waals surface area (Å²) in [6, 6.07) is 0. The van der Waals surface area contributed by atoms with Crippen LogP contribution in [0.25, 0.3) is 10.6 Å². The molecule has 0 amide bonds. The second kappa shape index (κ2) is 4.20. The number of carbonyl (C=O) groups is 1. The molecule has 6 heteroatoms. The van der Waals surface area contributed by atoms with E-state index >= 15 is 0 Å². The minimum atomic E-state index is -0.944. The predicted molar refractivity (Wildman–Crippen MR) is 70.0 cm³/mol. The zero-order chi connectivity index (χ0) is 13.5. The van der Waals surface area contributed by atoms with Gasteiger partial charge in [0.05, 0.1) is 17.5 Å². The molecule has 0 spiro atoms. The van der Waals surface area contributed by atoms with Gasteiger partial charge < -0.3 is 5.11 Å². The molecule has 5 nitrogen and oxygen atoms in total. The minimum Gasteiger partial charge on any atom is -0.477 e. The number of carboxylic acid groups (broad SMARTS) is 1. The van der Waals surface area contributed by atoms with Crippen LogP contribution in [0.15, 0.2) is 12.4 Å². The maximum absolute atomic E-state index is 10.9. The van der Waals surface area contributed by atoms with E-state index in [1.165, 1.54) is 17.5 Å². The monoisotopic (exact) mass is 265 g/mol. The Bertz CT molecular complexity index is 593. The van der Waals surface area contributed by atoms with Gasteiger partial charge in [0.25, 0.3) is 0 Å². The summed E-state index contributed by atoms with van der Waals surface area (Å²) in [5.74, 6) is -0.944. The van der Waals surface area contributed by atoms with Gasteiger partial charge in [-0.3, -0.25) is 4.68 Å². The summed E-state index contributed by atoms with van der Waals surface area (Å²) in [5.41, 5.74) is 1.73. The van der Waals surface area contributed by atoms with Gasteiger partial charge in [0.1, 0.15) is 9.88 Å². The maximum Gasteiger partial charge on any atom is 0.347 e. The summed E-state index contributed by atoms with van der Waals surface area (Å²) in [7, 11) is 1.85. The molecule has 1 N–H and O–H groups in total. The molecular weight excluding hydrogens is 250 g/mol. The molecule has 0 unspecified atom stereocenters. The Balaban J connectivity index is 2.53. The van der Waals surface area contributed by atoms with E-state index in [9.17, 15) is 4.79 Å². The zero-order valence-electron chi connectivity index (χ0n) is 10.8. The van der Waals surface area contributed by atoms with Crippen molar-refractivity contribution >= 4 is 17.3 Å². The number of aryl methyl sites for hydroxylation is 1. The zero-order valence-corrected chi connectivity index (χ0v) is 11.6. The number of rotatable bonds is 2. The van der Waals surface area contributed by atoms with Gasteiger partial charge in [-0.25, -0.2) is 9.78 Å². The molecule has 2 rings (SSSR count).